The van der Waals surface area contributed by atoms with Gasteiger partial charge in [0, 0.05) is 22.2 Å². The summed E-state index contributed by atoms with van der Waals surface area (Å²) in [5, 5.41) is 3.16. The van der Waals surface area contributed by atoms with E-state index in [2.05, 4.69) is 5.32 Å². The van der Waals surface area contributed by atoms with E-state index in [4.69, 9.17) is 16.3 Å². The molecule has 1 amide bonds. The van der Waals surface area contributed by atoms with Gasteiger partial charge in [-0.3, -0.25) is 14.4 Å². The van der Waals surface area contributed by atoms with Crippen molar-refractivity contribution in [2.24, 2.45) is 23.7 Å². The number of hydrogen-bond donors (Lipinski definition) is 1. The van der Waals surface area contributed by atoms with Crippen molar-refractivity contribution >= 4 is 34.9 Å². The first-order chi connectivity index (χ1) is 14.0. The monoisotopic (exact) mass is 411 g/mol. The molecule has 2 saturated carbocycles. The molecule has 0 aromatic heterocycles. The molecule has 0 radical (unpaired) electrons. The third-order valence-corrected chi connectivity index (χ3v) is 6.24. The van der Waals surface area contributed by atoms with E-state index < -0.39 is 17.8 Å². The summed E-state index contributed by atoms with van der Waals surface area (Å²) in [7, 11) is 0. The minimum Gasteiger partial charge on any atom is -0.455 e. The van der Waals surface area contributed by atoms with Gasteiger partial charge in [-0.15, -0.1) is 0 Å². The number of amides is 1. The fourth-order valence-corrected chi connectivity index (χ4v) is 4.99. The Morgan fingerprint density at radius 2 is 1.69 bits per heavy atom. The Balaban J connectivity index is 1.40. The molecule has 2 aromatic carbocycles. The second-order valence-electron chi connectivity index (χ2n) is 7.78. The van der Waals surface area contributed by atoms with Crippen molar-refractivity contribution in [3.8, 4) is 0 Å². The van der Waals surface area contributed by atoms with Crippen molar-refractivity contribution in [3.63, 3.8) is 0 Å². The van der Waals surface area contributed by atoms with Gasteiger partial charge < -0.3 is 10.1 Å². The summed E-state index contributed by atoms with van der Waals surface area (Å²) in [6, 6.07) is 15.8. The van der Waals surface area contributed by atoms with Crippen LogP contribution in [0.25, 0.3) is 0 Å². The first-order valence-electron chi connectivity index (χ1n) is 9.84. The van der Waals surface area contributed by atoms with Gasteiger partial charge in [-0.1, -0.05) is 48.0 Å². The van der Waals surface area contributed by atoms with E-state index in [9.17, 15) is 14.4 Å². The Morgan fingerprint density at radius 1 is 0.966 bits per heavy atom. The number of hydrogen-bond acceptors (Lipinski definition) is 4. The van der Waals surface area contributed by atoms with Gasteiger partial charge in [-0.05, 0) is 49.3 Å². The molecule has 0 spiro atoms. The number of fused-ring (bicyclic) bond motifs is 2. The number of benzene rings is 2. The standard InChI is InChI=1S/C23H22ClNO4/c24-17-7-4-8-18(12-17)25-19(26)13-29-23(28)21-16-10-9-15(11-16)20(21)22(27)14-5-2-1-3-6-14/h1-8,12,15-16,20-21H,9-11,13H2,(H,25,26)/t15-,16+,20-,21+/m1/s1. The van der Waals surface area contributed by atoms with E-state index in [1.54, 1.807) is 36.4 Å². The maximum absolute atomic E-state index is 13.1. The number of anilines is 1. The van der Waals surface area contributed by atoms with Crippen molar-refractivity contribution in [3.05, 3.63) is 65.2 Å². The fourth-order valence-electron chi connectivity index (χ4n) is 4.80. The number of esters is 1. The maximum Gasteiger partial charge on any atom is 0.310 e. The van der Waals surface area contributed by atoms with Gasteiger partial charge in [0.2, 0.25) is 0 Å². The molecule has 2 bridgehead atoms. The van der Waals surface area contributed by atoms with E-state index in [0.717, 1.165) is 19.3 Å². The van der Waals surface area contributed by atoms with Crippen LogP contribution >= 0.6 is 11.6 Å². The minimum atomic E-state index is -0.472. The van der Waals surface area contributed by atoms with Crippen LogP contribution in [0.5, 0.6) is 0 Å². The molecule has 0 unspecified atom stereocenters. The molecule has 0 saturated heterocycles. The lowest BCUT2D eigenvalue weighted by Crippen LogP contribution is -2.37. The van der Waals surface area contributed by atoms with E-state index in [1.807, 2.05) is 18.2 Å². The van der Waals surface area contributed by atoms with Gasteiger partial charge in [-0.25, -0.2) is 0 Å². The number of carbonyl (C=O) groups excluding carboxylic acids is 3. The summed E-state index contributed by atoms with van der Waals surface area (Å²) >= 11 is 5.91. The predicted octanol–water partition coefficient (Wildman–Crippen LogP) is 4.37. The zero-order valence-corrected chi connectivity index (χ0v) is 16.6. The van der Waals surface area contributed by atoms with Gasteiger partial charge in [0.1, 0.15) is 0 Å². The predicted molar refractivity (Wildman–Crippen MR) is 110 cm³/mol. The number of halogens is 1. The summed E-state index contributed by atoms with van der Waals surface area (Å²) in [5.41, 5.74) is 1.16. The Bertz CT molecular complexity index is 929. The van der Waals surface area contributed by atoms with Crippen molar-refractivity contribution in [1.29, 1.82) is 0 Å². The van der Waals surface area contributed by atoms with E-state index in [1.165, 1.54) is 0 Å². The Labute approximate surface area is 174 Å². The molecule has 2 fully saturated rings. The number of ether oxygens (including phenoxy) is 1. The van der Waals surface area contributed by atoms with Crippen molar-refractivity contribution in [2.75, 3.05) is 11.9 Å². The Kier molecular flexibility index (Phi) is 5.67. The fraction of sp³-hybridized carbons (Fsp3) is 0.348. The molecule has 150 valence electrons. The van der Waals surface area contributed by atoms with Gasteiger partial charge in [-0.2, -0.15) is 0 Å². The van der Waals surface area contributed by atoms with Crippen LogP contribution in [0.2, 0.25) is 5.02 Å². The summed E-state index contributed by atoms with van der Waals surface area (Å²) in [6.45, 7) is -0.383. The highest BCUT2D eigenvalue weighted by Gasteiger charge is 2.54. The highest BCUT2D eigenvalue weighted by atomic mass is 35.5. The summed E-state index contributed by atoms with van der Waals surface area (Å²) in [4.78, 5) is 38.0. The van der Waals surface area contributed by atoms with Crippen LogP contribution in [-0.2, 0) is 14.3 Å². The van der Waals surface area contributed by atoms with Crippen LogP contribution < -0.4 is 5.32 Å². The topological polar surface area (TPSA) is 72.5 Å². The molecule has 0 heterocycles. The molecule has 4 atom stereocenters. The molecule has 4 rings (SSSR count). The minimum absolute atomic E-state index is 0.00290. The first-order valence-corrected chi connectivity index (χ1v) is 10.2. The lowest BCUT2D eigenvalue weighted by atomic mass is 9.75. The molecule has 5 nitrogen and oxygen atoms in total. The molecule has 6 heteroatoms. The zero-order chi connectivity index (χ0) is 20.4. The number of nitrogens with one attached hydrogen (secondary N) is 1. The van der Waals surface area contributed by atoms with Crippen molar-refractivity contribution in [2.45, 2.75) is 19.3 Å². The lowest BCUT2D eigenvalue weighted by Gasteiger charge is -2.28. The van der Waals surface area contributed by atoms with Gasteiger partial charge >= 0.3 is 5.97 Å². The van der Waals surface area contributed by atoms with Crippen molar-refractivity contribution in [1.82, 2.24) is 0 Å². The molecular weight excluding hydrogens is 390 g/mol. The summed E-state index contributed by atoms with van der Waals surface area (Å²) in [6.07, 6.45) is 2.77. The lowest BCUT2D eigenvalue weighted by molar-refractivity contribution is -0.154. The average Bonchev–Trinajstić information content (AvgIpc) is 3.34. The van der Waals surface area contributed by atoms with Crippen LogP contribution in [0.3, 0.4) is 0 Å². The largest absolute Gasteiger partial charge is 0.455 e. The number of rotatable bonds is 6. The Hall–Kier alpha value is -2.66. The van der Waals surface area contributed by atoms with Crippen LogP contribution in [-0.4, -0.2) is 24.3 Å². The molecule has 1 N–H and O–H groups in total. The summed E-state index contributed by atoms with van der Waals surface area (Å²) in [5.74, 6) is -1.35. The average molecular weight is 412 g/mol. The van der Waals surface area contributed by atoms with Gasteiger partial charge in [0.15, 0.2) is 12.4 Å². The van der Waals surface area contributed by atoms with E-state index in [0.29, 0.717) is 16.3 Å². The molecule has 2 aliphatic rings. The first kappa shape index (κ1) is 19.6. The highest BCUT2D eigenvalue weighted by molar-refractivity contribution is 6.30. The molecule has 2 aromatic rings. The zero-order valence-electron chi connectivity index (χ0n) is 15.8. The number of ketones is 1. The van der Waals surface area contributed by atoms with E-state index >= 15 is 0 Å². The van der Waals surface area contributed by atoms with Crippen LogP contribution in [0, 0.1) is 23.7 Å². The normalized spacial score (nSPS) is 24.9. The van der Waals surface area contributed by atoms with Gasteiger partial charge in [0.05, 0.1) is 5.92 Å². The number of Topliss-reactive ketones (excluding diaryl/α,β-unsaturated/α-hetero) is 1. The third kappa shape index (κ3) is 4.20. The SMILES string of the molecule is O=C(COC(=O)[C@H]1[C@H]2CC[C@H](C2)[C@H]1C(=O)c1ccccc1)Nc1cccc(Cl)c1. The highest BCUT2D eigenvalue weighted by Crippen LogP contribution is 2.53. The van der Waals surface area contributed by atoms with Crippen LogP contribution in [0.1, 0.15) is 29.6 Å². The molecule has 29 heavy (non-hydrogen) atoms. The maximum atomic E-state index is 13.1. The molecule has 2 aliphatic carbocycles. The Morgan fingerprint density at radius 3 is 2.41 bits per heavy atom. The number of carbonyl (C=O) groups is 3. The smallest absolute Gasteiger partial charge is 0.310 e. The second-order valence-corrected chi connectivity index (χ2v) is 8.22. The summed E-state index contributed by atoms with van der Waals surface area (Å²) < 4.78 is 5.32. The molecule has 0 aliphatic heterocycles. The quantitative estimate of drug-likeness (QED) is 0.566. The van der Waals surface area contributed by atoms with Crippen LogP contribution in [0.4, 0.5) is 5.69 Å². The van der Waals surface area contributed by atoms with Crippen LogP contribution in [0.15, 0.2) is 54.6 Å². The second kappa shape index (κ2) is 8.37. The third-order valence-electron chi connectivity index (χ3n) is 6.00. The van der Waals surface area contributed by atoms with Gasteiger partial charge in [0.25, 0.3) is 5.91 Å². The van der Waals surface area contributed by atoms with Crippen molar-refractivity contribution < 1.29 is 19.1 Å². The molecular formula is C23H22ClNO4. The van der Waals surface area contributed by atoms with E-state index in [-0.39, 0.29) is 30.1 Å².